The molecule has 0 amide bonds. The van der Waals surface area contributed by atoms with Crippen molar-refractivity contribution in [3.8, 4) is 0 Å². The fourth-order valence-corrected chi connectivity index (χ4v) is 6.88. The minimum absolute atomic E-state index is 0.0445. The standard InChI is InChI=1S/C24H26ClN5O5S2/c1-26-37(33,34)35-19-8-14(7-18(19)31)29-24-17(10-27-12-28-24)22(32)20-9-16(23(25)36-20)21-15-6-4-3-5-13(15)11-30(21)2/h3-6,9-10,12,14,18-19,21,26,31H,7-8,11H2,1-2H3,(H,27,28,29)/t14-,18+,19-,21+/m1/s1. The second-order valence-electron chi connectivity index (χ2n) is 9.14. The Morgan fingerprint density at radius 1 is 1.27 bits per heavy atom. The van der Waals surface area contributed by atoms with E-state index in [1.165, 1.54) is 42.0 Å². The summed E-state index contributed by atoms with van der Waals surface area (Å²) in [7, 11) is -0.690. The predicted octanol–water partition coefficient (Wildman–Crippen LogP) is 2.74. The molecule has 37 heavy (non-hydrogen) atoms. The Balaban J connectivity index is 1.37. The summed E-state index contributed by atoms with van der Waals surface area (Å²) in [5.41, 5.74) is 3.54. The number of hydrogen-bond acceptors (Lipinski definition) is 10. The van der Waals surface area contributed by atoms with Gasteiger partial charge in [0.05, 0.1) is 26.9 Å². The molecule has 0 bridgehead atoms. The molecule has 0 saturated heterocycles. The van der Waals surface area contributed by atoms with Crippen molar-refractivity contribution in [1.29, 1.82) is 0 Å². The van der Waals surface area contributed by atoms with Crippen LogP contribution in [-0.2, 0) is 21.0 Å². The lowest BCUT2D eigenvalue weighted by molar-refractivity contribution is 0.0636. The van der Waals surface area contributed by atoms with Crippen molar-refractivity contribution in [1.82, 2.24) is 19.6 Å². The number of thiophene rings is 1. The summed E-state index contributed by atoms with van der Waals surface area (Å²) in [4.78, 5) is 24.5. The van der Waals surface area contributed by atoms with Crippen LogP contribution in [0, 0.1) is 0 Å². The van der Waals surface area contributed by atoms with Crippen molar-refractivity contribution in [3.63, 3.8) is 0 Å². The van der Waals surface area contributed by atoms with E-state index in [4.69, 9.17) is 15.8 Å². The Morgan fingerprint density at radius 3 is 2.84 bits per heavy atom. The van der Waals surface area contributed by atoms with Gasteiger partial charge in [0, 0.05) is 31.4 Å². The summed E-state index contributed by atoms with van der Waals surface area (Å²) in [6, 6.07) is 9.63. The quantitative estimate of drug-likeness (QED) is 0.354. The van der Waals surface area contributed by atoms with Crippen LogP contribution in [0.4, 0.5) is 5.82 Å². The Kier molecular flexibility index (Phi) is 7.33. The number of halogens is 1. The SMILES string of the molecule is CNS(=O)(=O)O[C@@H]1C[C@H](Nc2ncncc2C(=O)c2cc([C@@H]3c4ccccc4CN3C)c(Cl)s2)C[C@@H]1O. The molecule has 1 aliphatic heterocycles. The lowest BCUT2D eigenvalue weighted by Crippen LogP contribution is -2.31. The largest absolute Gasteiger partial charge is 0.390 e. The zero-order chi connectivity index (χ0) is 26.3. The molecule has 1 aliphatic carbocycles. The van der Waals surface area contributed by atoms with Crippen LogP contribution in [0.25, 0.3) is 0 Å². The van der Waals surface area contributed by atoms with Gasteiger partial charge in [-0.25, -0.2) is 9.97 Å². The van der Waals surface area contributed by atoms with E-state index in [9.17, 15) is 18.3 Å². The van der Waals surface area contributed by atoms with Crippen LogP contribution < -0.4 is 10.0 Å². The zero-order valence-electron chi connectivity index (χ0n) is 20.1. The van der Waals surface area contributed by atoms with E-state index in [1.807, 2.05) is 25.2 Å². The molecule has 2 aliphatic rings. The molecule has 3 heterocycles. The van der Waals surface area contributed by atoms with Crippen LogP contribution >= 0.6 is 22.9 Å². The van der Waals surface area contributed by atoms with E-state index < -0.39 is 22.5 Å². The molecule has 0 spiro atoms. The van der Waals surface area contributed by atoms with E-state index in [0.717, 1.165) is 12.1 Å². The third-order valence-electron chi connectivity index (χ3n) is 6.71. The van der Waals surface area contributed by atoms with Crippen molar-refractivity contribution >= 4 is 44.8 Å². The number of fused-ring (bicyclic) bond motifs is 1. The molecule has 196 valence electrons. The number of rotatable bonds is 8. The van der Waals surface area contributed by atoms with Gasteiger partial charge in [-0.15, -0.1) is 11.3 Å². The topological polar surface area (TPSA) is 134 Å². The van der Waals surface area contributed by atoms with Gasteiger partial charge < -0.3 is 10.4 Å². The maximum absolute atomic E-state index is 13.6. The van der Waals surface area contributed by atoms with Crippen LogP contribution in [0.3, 0.4) is 0 Å². The van der Waals surface area contributed by atoms with Gasteiger partial charge in [-0.2, -0.15) is 13.1 Å². The van der Waals surface area contributed by atoms with Gasteiger partial charge in [0.25, 0.3) is 0 Å². The molecular weight excluding hydrogens is 538 g/mol. The molecule has 13 heteroatoms. The molecule has 2 aromatic heterocycles. The number of aliphatic hydroxyl groups excluding tert-OH is 1. The first-order valence-corrected chi connectivity index (χ1v) is 14.3. The molecule has 0 radical (unpaired) electrons. The lowest BCUT2D eigenvalue weighted by atomic mass is 9.99. The number of carbonyl (C=O) groups excluding carboxylic acids is 1. The first-order chi connectivity index (χ1) is 17.7. The van der Waals surface area contributed by atoms with E-state index in [1.54, 1.807) is 0 Å². The third-order valence-corrected chi connectivity index (χ3v) is 9.10. The Bertz CT molecular complexity index is 1430. The van der Waals surface area contributed by atoms with Crippen molar-refractivity contribution in [2.45, 2.75) is 43.7 Å². The van der Waals surface area contributed by atoms with Crippen molar-refractivity contribution in [2.24, 2.45) is 0 Å². The van der Waals surface area contributed by atoms with Crippen molar-refractivity contribution < 1.29 is 22.5 Å². The average molecular weight is 564 g/mol. The van der Waals surface area contributed by atoms with Crippen LogP contribution in [0.15, 0.2) is 42.9 Å². The van der Waals surface area contributed by atoms with E-state index >= 15 is 0 Å². The first kappa shape index (κ1) is 26.2. The fraction of sp³-hybridized carbons (Fsp3) is 0.375. The normalized spacial score (nSPS) is 23.8. The highest BCUT2D eigenvalue weighted by Crippen LogP contribution is 2.43. The summed E-state index contributed by atoms with van der Waals surface area (Å²) in [5, 5.41) is 13.5. The highest BCUT2D eigenvalue weighted by atomic mass is 35.5. The molecule has 10 nitrogen and oxygen atoms in total. The van der Waals surface area contributed by atoms with Gasteiger partial charge in [-0.05, 0) is 37.1 Å². The summed E-state index contributed by atoms with van der Waals surface area (Å²) < 4.78 is 31.1. The minimum Gasteiger partial charge on any atom is -0.390 e. The number of anilines is 1. The number of nitrogens with one attached hydrogen (secondary N) is 2. The molecule has 0 unspecified atom stereocenters. The Morgan fingerprint density at radius 2 is 2.05 bits per heavy atom. The molecule has 4 atom stereocenters. The predicted molar refractivity (Wildman–Crippen MR) is 140 cm³/mol. The van der Waals surface area contributed by atoms with Gasteiger partial charge in [-0.3, -0.25) is 13.9 Å². The molecule has 5 rings (SSSR count). The van der Waals surface area contributed by atoms with Crippen molar-refractivity contribution in [3.05, 3.63) is 74.3 Å². The van der Waals surface area contributed by atoms with E-state index in [2.05, 4.69) is 37.0 Å². The fourth-order valence-electron chi connectivity index (χ4n) is 4.97. The maximum Gasteiger partial charge on any atom is 0.335 e. The molecule has 1 fully saturated rings. The highest BCUT2D eigenvalue weighted by Gasteiger charge is 2.38. The average Bonchev–Trinajstić information content (AvgIpc) is 3.52. The number of hydrogen-bond donors (Lipinski definition) is 3. The van der Waals surface area contributed by atoms with Crippen LogP contribution in [0.2, 0.25) is 4.34 Å². The smallest absolute Gasteiger partial charge is 0.335 e. The molecule has 3 N–H and O–H groups in total. The van der Waals surface area contributed by atoms with E-state index in [-0.39, 0.29) is 36.3 Å². The van der Waals surface area contributed by atoms with Crippen LogP contribution in [-0.4, -0.2) is 66.5 Å². The van der Waals surface area contributed by atoms with Gasteiger partial charge in [0.15, 0.2) is 0 Å². The molecule has 1 aromatic carbocycles. The van der Waals surface area contributed by atoms with Gasteiger partial charge in [0.1, 0.15) is 18.2 Å². The summed E-state index contributed by atoms with van der Waals surface area (Å²) in [5.74, 6) is 0.0167. The summed E-state index contributed by atoms with van der Waals surface area (Å²) >= 11 is 7.87. The Labute approximate surface area is 223 Å². The third kappa shape index (κ3) is 5.28. The minimum atomic E-state index is -3.95. The van der Waals surface area contributed by atoms with Crippen LogP contribution in [0.1, 0.15) is 50.8 Å². The molecule has 1 saturated carbocycles. The highest BCUT2D eigenvalue weighted by molar-refractivity contribution is 7.84. The molecular formula is C24H26ClN5O5S2. The monoisotopic (exact) mass is 563 g/mol. The number of aliphatic hydroxyl groups is 1. The molecule has 3 aromatic rings. The Hall–Kier alpha value is -2.45. The van der Waals surface area contributed by atoms with E-state index in [0.29, 0.717) is 15.0 Å². The lowest BCUT2D eigenvalue weighted by Gasteiger charge is -2.20. The van der Waals surface area contributed by atoms with Crippen molar-refractivity contribution in [2.75, 3.05) is 19.4 Å². The summed E-state index contributed by atoms with van der Waals surface area (Å²) in [6.07, 6.45) is 1.28. The number of ketones is 1. The number of carbonyl (C=O) groups is 1. The first-order valence-electron chi connectivity index (χ1n) is 11.6. The second kappa shape index (κ2) is 10.4. The number of nitrogens with zero attached hydrogens (tertiary/aromatic N) is 3. The van der Waals surface area contributed by atoms with Gasteiger partial charge in [0.2, 0.25) is 5.78 Å². The van der Waals surface area contributed by atoms with Gasteiger partial charge >= 0.3 is 10.3 Å². The number of benzene rings is 1. The van der Waals surface area contributed by atoms with Gasteiger partial charge in [-0.1, -0.05) is 35.9 Å². The number of aromatic nitrogens is 2. The zero-order valence-corrected chi connectivity index (χ0v) is 22.5. The second-order valence-corrected chi connectivity index (χ2v) is 12.3. The maximum atomic E-state index is 13.6. The van der Waals surface area contributed by atoms with Crippen LogP contribution in [0.5, 0.6) is 0 Å². The summed E-state index contributed by atoms with van der Waals surface area (Å²) in [6.45, 7) is 0.796.